The molecule has 0 radical (unpaired) electrons. The summed E-state index contributed by atoms with van der Waals surface area (Å²) in [4.78, 5) is 14.4. The van der Waals surface area contributed by atoms with Crippen LogP contribution < -0.4 is 5.32 Å². The van der Waals surface area contributed by atoms with Crippen LogP contribution in [-0.2, 0) is 0 Å². The second-order valence-corrected chi connectivity index (χ2v) is 5.93. The van der Waals surface area contributed by atoms with Crippen LogP contribution in [0.25, 0.3) is 0 Å². The number of amides is 1. The minimum absolute atomic E-state index is 0.0293. The SMILES string of the molecule is Cc1ccccc1C(=O)NC[C@@H](c1ccccc1Cl)N(C)C. The Balaban J connectivity index is 2.12. The number of nitrogens with zero attached hydrogens (tertiary/aromatic N) is 1. The van der Waals surface area contributed by atoms with Crippen molar-refractivity contribution in [2.45, 2.75) is 13.0 Å². The third kappa shape index (κ3) is 3.87. The van der Waals surface area contributed by atoms with E-state index in [2.05, 4.69) is 10.2 Å². The number of nitrogens with one attached hydrogen (secondary N) is 1. The first-order valence-electron chi connectivity index (χ1n) is 7.25. The van der Waals surface area contributed by atoms with E-state index in [9.17, 15) is 4.79 Å². The molecule has 2 aromatic rings. The maximum atomic E-state index is 12.3. The highest BCUT2D eigenvalue weighted by Crippen LogP contribution is 2.25. The zero-order valence-corrected chi connectivity index (χ0v) is 13.9. The Kier molecular flexibility index (Phi) is 5.58. The Morgan fingerprint density at radius 3 is 2.41 bits per heavy atom. The fourth-order valence-corrected chi connectivity index (χ4v) is 2.69. The van der Waals surface area contributed by atoms with Gasteiger partial charge in [0.25, 0.3) is 5.91 Å². The number of rotatable bonds is 5. The number of carbonyl (C=O) groups excluding carboxylic acids is 1. The molecule has 0 aromatic heterocycles. The lowest BCUT2D eigenvalue weighted by molar-refractivity contribution is 0.0941. The van der Waals surface area contributed by atoms with E-state index in [1.807, 2.05) is 69.6 Å². The first-order chi connectivity index (χ1) is 10.5. The van der Waals surface area contributed by atoms with Gasteiger partial charge in [-0.2, -0.15) is 0 Å². The Morgan fingerprint density at radius 2 is 1.77 bits per heavy atom. The van der Waals surface area contributed by atoms with Gasteiger partial charge in [0.15, 0.2) is 0 Å². The van der Waals surface area contributed by atoms with E-state index in [1.165, 1.54) is 0 Å². The van der Waals surface area contributed by atoms with Gasteiger partial charge in [-0.1, -0.05) is 48.0 Å². The highest BCUT2D eigenvalue weighted by molar-refractivity contribution is 6.31. The van der Waals surface area contributed by atoms with Crippen molar-refractivity contribution in [3.63, 3.8) is 0 Å². The van der Waals surface area contributed by atoms with E-state index in [0.29, 0.717) is 17.1 Å². The summed E-state index contributed by atoms with van der Waals surface area (Å²) >= 11 is 6.28. The average molecular weight is 317 g/mol. The lowest BCUT2D eigenvalue weighted by atomic mass is 10.0. The minimum atomic E-state index is -0.0583. The van der Waals surface area contributed by atoms with E-state index >= 15 is 0 Å². The number of benzene rings is 2. The van der Waals surface area contributed by atoms with Crippen LogP contribution in [-0.4, -0.2) is 31.4 Å². The molecule has 1 N–H and O–H groups in total. The van der Waals surface area contributed by atoms with Crippen LogP contribution in [0.1, 0.15) is 27.5 Å². The highest BCUT2D eigenvalue weighted by Gasteiger charge is 2.18. The smallest absolute Gasteiger partial charge is 0.251 e. The summed E-state index contributed by atoms with van der Waals surface area (Å²) in [5, 5.41) is 3.72. The maximum Gasteiger partial charge on any atom is 0.251 e. The van der Waals surface area contributed by atoms with Crippen molar-refractivity contribution in [1.82, 2.24) is 10.2 Å². The Labute approximate surface area is 136 Å². The van der Waals surface area contributed by atoms with Crippen LogP contribution >= 0.6 is 11.6 Å². The topological polar surface area (TPSA) is 32.3 Å². The predicted molar refractivity (Wildman–Crippen MR) is 91.4 cm³/mol. The first kappa shape index (κ1) is 16.5. The predicted octanol–water partition coefficient (Wildman–Crippen LogP) is 3.68. The molecule has 0 unspecified atom stereocenters. The van der Waals surface area contributed by atoms with Crippen LogP contribution in [0.4, 0.5) is 0 Å². The first-order valence-corrected chi connectivity index (χ1v) is 7.63. The third-order valence-corrected chi connectivity index (χ3v) is 4.08. The molecule has 1 atom stereocenters. The molecule has 22 heavy (non-hydrogen) atoms. The molecule has 2 rings (SSSR count). The van der Waals surface area contributed by atoms with Crippen molar-refractivity contribution >= 4 is 17.5 Å². The molecule has 3 nitrogen and oxygen atoms in total. The van der Waals surface area contributed by atoms with E-state index in [1.54, 1.807) is 0 Å². The molecule has 2 aromatic carbocycles. The van der Waals surface area contributed by atoms with Gasteiger partial charge < -0.3 is 10.2 Å². The number of carbonyl (C=O) groups is 1. The summed E-state index contributed by atoms with van der Waals surface area (Å²) in [5.74, 6) is -0.0583. The van der Waals surface area contributed by atoms with Gasteiger partial charge in [-0.3, -0.25) is 4.79 Å². The molecule has 0 heterocycles. The average Bonchev–Trinajstić information content (AvgIpc) is 2.49. The number of hydrogen-bond donors (Lipinski definition) is 1. The Hall–Kier alpha value is -1.84. The van der Waals surface area contributed by atoms with Crippen LogP contribution in [0.5, 0.6) is 0 Å². The summed E-state index contributed by atoms with van der Waals surface area (Å²) in [5.41, 5.74) is 2.69. The summed E-state index contributed by atoms with van der Waals surface area (Å²) in [6.45, 7) is 2.44. The zero-order chi connectivity index (χ0) is 16.1. The van der Waals surface area contributed by atoms with Gasteiger partial charge >= 0.3 is 0 Å². The van der Waals surface area contributed by atoms with Gasteiger partial charge in [0.1, 0.15) is 0 Å². The summed E-state index contributed by atoms with van der Waals surface area (Å²) < 4.78 is 0. The van der Waals surface area contributed by atoms with Gasteiger partial charge in [-0.05, 0) is 44.3 Å². The van der Waals surface area contributed by atoms with Crippen LogP contribution in [0.15, 0.2) is 48.5 Å². The second-order valence-electron chi connectivity index (χ2n) is 5.53. The molecular formula is C18H21ClN2O. The van der Waals surface area contributed by atoms with E-state index < -0.39 is 0 Å². The highest BCUT2D eigenvalue weighted by atomic mass is 35.5. The molecule has 0 bridgehead atoms. The normalized spacial score (nSPS) is 12.2. The maximum absolute atomic E-state index is 12.3. The van der Waals surface area contributed by atoms with Crippen molar-refractivity contribution in [3.8, 4) is 0 Å². The summed E-state index contributed by atoms with van der Waals surface area (Å²) in [7, 11) is 3.96. The second kappa shape index (κ2) is 7.43. The number of hydrogen-bond acceptors (Lipinski definition) is 2. The Morgan fingerprint density at radius 1 is 1.14 bits per heavy atom. The number of likely N-dealkylation sites (N-methyl/N-ethyl adjacent to an activating group) is 1. The van der Waals surface area contributed by atoms with Crippen LogP contribution in [0, 0.1) is 6.92 Å². The summed E-state index contributed by atoms with van der Waals surface area (Å²) in [6.07, 6.45) is 0. The molecule has 0 aliphatic heterocycles. The lowest BCUT2D eigenvalue weighted by Gasteiger charge is -2.26. The molecule has 1 amide bonds. The van der Waals surface area contributed by atoms with Crippen molar-refractivity contribution in [2.75, 3.05) is 20.6 Å². The quantitative estimate of drug-likeness (QED) is 0.912. The monoisotopic (exact) mass is 316 g/mol. The zero-order valence-electron chi connectivity index (χ0n) is 13.1. The van der Waals surface area contributed by atoms with Gasteiger partial charge in [0, 0.05) is 17.1 Å². The third-order valence-electron chi connectivity index (χ3n) is 3.73. The Bertz CT molecular complexity index is 655. The van der Waals surface area contributed by atoms with Crippen molar-refractivity contribution < 1.29 is 4.79 Å². The molecule has 0 fully saturated rings. The fraction of sp³-hybridized carbons (Fsp3) is 0.278. The molecule has 116 valence electrons. The van der Waals surface area contributed by atoms with Crippen LogP contribution in [0.2, 0.25) is 5.02 Å². The van der Waals surface area contributed by atoms with Gasteiger partial charge in [0.2, 0.25) is 0 Å². The van der Waals surface area contributed by atoms with Crippen molar-refractivity contribution in [2.24, 2.45) is 0 Å². The molecule has 0 spiro atoms. The molecule has 0 aliphatic rings. The summed E-state index contributed by atoms with van der Waals surface area (Å²) in [6, 6.07) is 15.3. The fourth-order valence-electron chi connectivity index (χ4n) is 2.43. The van der Waals surface area contributed by atoms with Crippen molar-refractivity contribution in [1.29, 1.82) is 0 Å². The largest absolute Gasteiger partial charge is 0.350 e. The number of halogens is 1. The van der Waals surface area contributed by atoms with Gasteiger partial charge in [-0.15, -0.1) is 0 Å². The van der Waals surface area contributed by atoms with Gasteiger partial charge in [-0.25, -0.2) is 0 Å². The number of aryl methyl sites for hydroxylation is 1. The molecule has 0 aliphatic carbocycles. The lowest BCUT2D eigenvalue weighted by Crippen LogP contribution is -2.35. The molecule has 0 saturated heterocycles. The van der Waals surface area contributed by atoms with Gasteiger partial charge in [0.05, 0.1) is 6.04 Å². The van der Waals surface area contributed by atoms with Crippen molar-refractivity contribution in [3.05, 3.63) is 70.2 Å². The minimum Gasteiger partial charge on any atom is -0.350 e. The standard InChI is InChI=1S/C18H21ClN2O/c1-13-8-4-5-9-14(13)18(22)20-12-17(21(2)3)15-10-6-7-11-16(15)19/h4-11,17H,12H2,1-3H3,(H,20,22)/t17-/m0/s1. The van der Waals surface area contributed by atoms with E-state index in [0.717, 1.165) is 11.1 Å². The molecular weight excluding hydrogens is 296 g/mol. The van der Waals surface area contributed by atoms with Crippen LogP contribution in [0.3, 0.4) is 0 Å². The van der Waals surface area contributed by atoms with E-state index in [4.69, 9.17) is 11.6 Å². The van der Waals surface area contributed by atoms with E-state index in [-0.39, 0.29) is 11.9 Å². The molecule has 0 saturated carbocycles. The molecule has 4 heteroatoms.